The average molecular weight is 284 g/mol. The lowest BCUT2D eigenvalue weighted by atomic mass is 10.0. The average Bonchev–Trinajstić information content (AvgIpc) is 2.99. The van der Waals surface area contributed by atoms with Gasteiger partial charge in [0.1, 0.15) is 0 Å². The molecule has 0 saturated heterocycles. The molecule has 1 aliphatic rings. The van der Waals surface area contributed by atoms with Crippen LogP contribution in [0.15, 0.2) is 36.0 Å². The van der Waals surface area contributed by atoms with Crippen LogP contribution in [0.3, 0.4) is 0 Å². The molecule has 0 fully saturated rings. The third-order valence-electron chi connectivity index (χ3n) is 3.81. The lowest BCUT2D eigenvalue weighted by Gasteiger charge is -2.30. The second kappa shape index (κ2) is 4.52. The number of hydrogen-bond acceptors (Lipinski definition) is 4. The van der Waals surface area contributed by atoms with E-state index in [1.807, 2.05) is 6.07 Å². The van der Waals surface area contributed by atoms with Crippen LogP contribution in [-0.2, 0) is 13.0 Å². The fraction of sp³-hybridized carbons (Fsp3) is 0.267. The molecule has 0 atom stereocenters. The first-order valence-electron chi connectivity index (χ1n) is 6.84. The number of aryl methyl sites for hydroxylation is 1. The van der Waals surface area contributed by atoms with Crippen LogP contribution in [0.25, 0.3) is 4.96 Å². The SMILES string of the molecule is Nc1ccc2c(c1)CCCN2Cc1cn2ccsc2n1. The normalized spacial score (nSPS) is 14.7. The van der Waals surface area contributed by atoms with Crippen molar-refractivity contribution < 1.29 is 0 Å². The van der Waals surface area contributed by atoms with Gasteiger partial charge >= 0.3 is 0 Å². The van der Waals surface area contributed by atoms with Gasteiger partial charge in [0.05, 0.1) is 12.2 Å². The molecule has 0 aliphatic carbocycles. The maximum Gasteiger partial charge on any atom is 0.193 e. The van der Waals surface area contributed by atoms with E-state index < -0.39 is 0 Å². The molecular formula is C15H16N4S. The lowest BCUT2D eigenvalue weighted by Crippen LogP contribution is -2.29. The Morgan fingerprint density at radius 2 is 2.30 bits per heavy atom. The van der Waals surface area contributed by atoms with Gasteiger partial charge in [-0.15, -0.1) is 11.3 Å². The summed E-state index contributed by atoms with van der Waals surface area (Å²) in [5.41, 5.74) is 10.5. The number of benzene rings is 1. The van der Waals surface area contributed by atoms with Crippen molar-refractivity contribution in [3.8, 4) is 0 Å². The molecule has 1 aliphatic heterocycles. The van der Waals surface area contributed by atoms with E-state index in [1.165, 1.54) is 17.7 Å². The molecule has 0 unspecified atom stereocenters. The lowest BCUT2D eigenvalue weighted by molar-refractivity contribution is 0.686. The highest BCUT2D eigenvalue weighted by Crippen LogP contribution is 2.30. The summed E-state index contributed by atoms with van der Waals surface area (Å²) >= 11 is 1.67. The molecule has 0 spiro atoms. The first kappa shape index (κ1) is 11.8. The first-order valence-corrected chi connectivity index (χ1v) is 7.72. The predicted molar refractivity (Wildman–Crippen MR) is 83.3 cm³/mol. The van der Waals surface area contributed by atoms with Gasteiger partial charge < -0.3 is 10.6 Å². The molecule has 0 radical (unpaired) electrons. The number of thiazole rings is 1. The smallest absolute Gasteiger partial charge is 0.193 e. The second-order valence-electron chi connectivity index (χ2n) is 5.24. The van der Waals surface area contributed by atoms with E-state index in [2.05, 4.69) is 44.2 Å². The quantitative estimate of drug-likeness (QED) is 0.736. The van der Waals surface area contributed by atoms with Crippen LogP contribution in [0.2, 0.25) is 0 Å². The number of nitrogens with two attached hydrogens (primary N) is 1. The monoisotopic (exact) mass is 284 g/mol. The molecule has 0 bridgehead atoms. The van der Waals surface area contributed by atoms with Gasteiger partial charge in [0.25, 0.3) is 0 Å². The Morgan fingerprint density at radius 3 is 3.20 bits per heavy atom. The highest BCUT2D eigenvalue weighted by atomic mass is 32.1. The maximum atomic E-state index is 5.88. The van der Waals surface area contributed by atoms with Crippen molar-refractivity contribution in [2.24, 2.45) is 0 Å². The molecule has 2 N–H and O–H groups in total. The van der Waals surface area contributed by atoms with Crippen LogP contribution in [0.4, 0.5) is 11.4 Å². The van der Waals surface area contributed by atoms with Crippen molar-refractivity contribution in [1.82, 2.24) is 9.38 Å². The van der Waals surface area contributed by atoms with Crippen LogP contribution in [-0.4, -0.2) is 15.9 Å². The van der Waals surface area contributed by atoms with E-state index in [1.54, 1.807) is 11.3 Å². The molecule has 3 heterocycles. The van der Waals surface area contributed by atoms with E-state index in [9.17, 15) is 0 Å². The molecule has 3 aromatic rings. The molecule has 5 heteroatoms. The van der Waals surface area contributed by atoms with Gasteiger partial charge in [-0.3, -0.25) is 4.40 Å². The second-order valence-corrected chi connectivity index (χ2v) is 6.11. The van der Waals surface area contributed by atoms with Crippen molar-refractivity contribution in [2.45, 2.75) is 19.4 Å². The molecule has 102 valence electrons. The highest BCUT2D eigenvalue weighted by Gasteiger charge is 2.18. The van der Waals surface area contributed by atoms with Gasteiger partial charge in [0, 0.05) is 35.7 Å². The van der Waals surface area contributed by atoms with Gasteiger partial charge in [0.2, 0.25) is 0 Å². The molecule has 2 aromatic heterocycles. The van der Waals surface area contributed by atoms with Crippen molar-refractivity contribution in [3.05, 3.63) is 47.2 Å². The Balaban J connectivity index is 1.65. The van der Waals surface area contributed by atoms with E-state index in [0.29, 0.717) is 0 Å². The Bertz CT molecular complexity index is 730. The zero-order valence-electron chi connectivity index (χ0n) is 11.1. The van der Waals surface area contributed by atoms with Crippen LogP contribution in [0.1, 0.15) is 17.7 Å². The van der Waals surface area contributed by atoms with Crippen LogP contribution >= 0.6 is 11.3 Å². The van der Waals surface area contributed by atoms with E-state index in [0.717, 1.165) is 35.9 Å². The maximum absolute atomic E-state index is 5.88. The number of fused-ring (bicyclic) bond motifs is 2. The zero-order valence-corrected chi connectivity index (χ0v) is 11.9. The Kier molecular flexibility index (Phi) is 2.67. The van der Waals surface area contributed by atoms with Gasteiger partial charge in [-0.05, 0) is 36.6 Å². The number of hydrogen-bond donors (Lipinski definition) is 1. The molecular weight excluding hydrogens is 268 g/mol. The standard InChI is InChI=1S/C15H16N4S/c16-12-3-4-14-11(8-12)2-1-5-18(14)9-13-10-19-6-7-20-15(19)17-13/h3-4,6-8,10H,1-2,5,9,16H2. The number of nitrogen functional groups attached to an aromatic ring is 1. The fourth-order valence-corrected chi connectivity index (χ4v) is 3.63. The fourth-order valence-electron chi connectivity index (χ4n) is 2.91. The Labute approximate surface area is 121 Å². The highest BCUT2D eigenvalue weighted by molar-refractivity contribution is 7.15. The third-order valence-corrected chi connectivity index (χ3v) is 4.59. The predicted octanol–water partition coefficient (Wildman–Crippen LogP) is 2.93. The van der Waals surface area contributed by atoms with Crippen LogP contribution in [0, 0.1) is 0 Å². The molecule has 4 rings (SSSR count). The molecule has 0 saturated carbocycles. The summed E-state index contributed by atoms with van der Waals surface area (Å²) in [5.74, 6) is 0. The summed E-state index contributed by atoms with van der Waals surface area (Å²) in [6.07, 6.45) is 6.48. The summed E-state index contributed by atoms with van der Waals surface area (Å²) < 4.78 is 2.09. The Morgan fingerprint density at radius 1 is 1.35 bits per heavy atom. The minimum atomic E-state index is 0.855. The van der Waals surface area contributed by atoms with Crippen molar-refractivity contribution in [2.75, 3.05) is 17.2 Å². The van der Waals surface area contributed by atoms with Crippen LogP contribution in [0.5, 0.6) is 0 Å². The number of anilines is 2. The third kappa shape index (κ3) is 1.94. The summed E-state index contributed by atoms with van der Waals surface area (Å²) in [4.78, 5) is 8.14. The molecule has 20 heavy (non-hydrogen) atoms. The van der Waals surface area contributed by atoms with Crippen LogP contribution < -0.4 is 10.6 Å². The number of rotatable bonds is 2. The van der Waals surface area contributed by atoms with Crippen molar-refractivity contribution >= 4 is 27.7 Å². The van der Waals surface area contributed by atoms with Gasteiger partial charge in [-0.2, -0.15) is 0 Å². The number of imidazole rings is 1. The summed E-state index contributed by atoms with van der Waals surface area (Å²) in [6.45, 7) is 1.95. The summed E-state index contributed by atoms with van der Waals surface area (Å²) in [7, 11) is 0. The topological polar surface area (TPSA) is 46.6 Å². The molecule has 1 aromatic carbocycles. The number of aromatic nitrogens is 2. The van der Waals surface area contributed by atoms with Gasteiger partial charge in [0.15, 0.2) is 4.96 Å². The van der Waals surface area contributed by atoms with E-state index >= 15 is 0 Å². The molecule has 4 nitrogen and oxygen atoms in total. The van der Waals surface area contributed by atoms with Gasteiger partial charge in [-0.25, -0.2) is 4.98 Å². The minimum Gasteiger partial charge on any atom is -0.399 e. The van der Waals surface area contributed by atoms with E-state index in [4.69, 9.17) is 5.73 Å². The Hall–Kier alpha value is -2.01. The zero-order chi connectivity index (χ0) is 13.5. The summed E-state index contributed by atoms with van der Waals surface area (Å²) in [6, 6.07) is 6.23. The first-order chi connectivity index (χ1) is 9.79. The number of nitrogens with zero attached hydrogens (tertiary/aromatic N) is 3. The largest absolute Gasteiger partial charge is 0.399 e. The van der Waals surface area contributed by atoms with E-state index in [-0.39, 0.29) is 0 Å². The minimum absolute atomic E-state index is 0.855. The van der Waals surface area contributed by atoms with Crippen molar-refractivity contribution in [1.29, 1.82) is 0 Å². The van der Waals surface area contributed by atoms with Crippen molar-refractivity contribution in [3.63, 3.8) is 0 Å². The molecule has 0 amide bonds. The van der Waals surface area contributed by atoms with Gasteiger partial charge in [-0.1, -0.05) is 0 Å². The summed E-state index contributed by atoms with van der Waals surface area (Å²) in [5, 5.41) is 2.06.